The van der Waals surface area contributed by atoms with Crippen LogP contribution in [0.3, 0.4) is 0 Å². The van der Waals surface area contributed by atoms with Crippen molar-refractivity contribution >= 4 is 22.6 Å². The highest BCUT2D eigenvalue weighted by molar-refractivity contribution is 14.1. The molecule has 3 atom stereocenters. The van der Waals surface area contributed by atoms with Crippen LogP contribution in [0.5, 0.6) is 0 Å². The van der Waals surface area contributed by atoms with Gasteiger partial charge in [-0.15, -0.1) is 6.58 Å². The summed E-state index contributed by atoms with van der Waals surface area (Å²) in [5, 5.41) is 13.5. The van der Waals surface area contributed by atoms with E-state index in [2.05, 4.69) is 34.5 Å². The molecule has 1 saturated heterocycles. The SMILES string of the molecule is C=CC[C@]1(O)C[C@H](CI)N[C@H]1C. The van der Waals surface area contributed by atoms with Crippen LogP contribution in [0.4, 0.5) is 0 Å². The standard InChI is InChI=1S/C9H16INO/c1-3-4-9(12)5-8(6-10)11-7(9)2/h3,7-8,11-12H,1,4-6H2,2H3/t7-,8+,9-/m0/s1. The van der Waals surface area contributed by atoms with Crippen molar-refractivity contribution in [2.45, 2.75) is 37.5 Å². The Morgan fingerprint density at radius 1 is 1.83 bits per heavy atom. The molecule has 3 heteroatoms. The molecule has 0 saturated carbocycles. The average molecular weight is 281 g/mol. The second kappa shape index (κ2) is 4.07. The van der Waals surface area contributed by atoms with E-state index in [9.17, 15) is 5.11 Å². The van der Waals surface area contributed by atoms with Gasteiger partial charge in [-0.3, -0.25) is 0 Å². The van der Waals surface area contributed by atoms with Crippen LogP contribution in [0.1, 0.15) is 19.8 Å². The van der Waals surface area contributed by atoms with E-state index in [1.165, 1.54) is 0 Å². The van der Waals surface area contributed by atoms with E-state index in [1.807, 2.05) is 6.92 Å². The number of rotatable bonds is 3. The highest BCUT2D eigenvalue weighted by Gasteiger charge is 2.41. The molecular formula is C9H16INO. The Labute approximate surface area is 87.6 Å². The van der Waals surface area contributed by atoms with E-state index in [0.29, 0.717) is 12.5 Å². The summed E-state index contributed by atoms with van der Waals surface area (Å²) in [5.74, 6) is 0. The van der Waals surface area contributed by atoms with E-state index in [1.54, 1.807) is 6.08 Å². The molecule has 0 amide bonds. The Morgan fingerprint density at radius 2 is 2.50 bits per heavy atom. The van der Waals surface area contributed by atoms with Crippen LogP contribution < -0.4 is 5.32 Å². The fourth-order valence-corrected chi connectivity index (χ4v) is 2.35. The Hall–Kier alpha value is 0.390. The van der Waals surface area contributed by atoms with Crippen molar-refractivity contribution in [2.75, 3.05) is 4.43 Å². The molecule has 0 aromatic carbocycles. The summed E-state index contributed by atoms with van der Waals surface area (Å²) >= 11 is 2.35. The van der Waals surface area contributed by atoms with Gasteiger partial charge in [0.1, 0.15) is 0 Å². The van der Waals surface area contributed by atoms with Crippen LogP contribution in [0, 0.1) is 0 Å². The van der Waals surface area contributed by atoms with Gasteiger partial charge >= 0.3 is 0 Å². The Bertz CT molecular complexity index is 174. The van der Waals surface area contributed by atoms with Crippen LogP contribution in [-0.4, -0.2) is 27.2 Å². The largest absolute Gasteiger partial charge is 0.388 e. The number of hydrogen-bond donors (Lipinski definition) is 2. The van der Waals surface area contributed by atoms with Gasteiger partial charge in [-0.1, -0.05) is 28.7 Å². The van der Waals surface area contributed by atoms with Crippen LogP contribution in [-0.2, 0) is 0 Å². The Morgan fingerprint density at radius 3 is 2.92 bits per heavy atom. The molecule has 0 aromatic rings. The zero-order chi connectivity index (χ0) is 9.19. The summed E-state index contributed by atoms with van der Waals surface area (Å²) in [6.45, 7) is 5.70. The predicted molar refractivity (Wildman–Crippen MR) is 59.7 cm³/mol. The third-order valence-corrected chi connectivity index (χ3v) is 3.64. The third kappa shape index (κ3) is 2.00. The van der Waals surface area contributed by atoms with Crippen molar-refractivity contribution in [3.63, 3.8) is 0 Å². The van der Waals surface area contributed by atoms with Gasteiger partial charge in [-0.2, -0.15) is 0 Å². The first-order valence-corrected chi connectivity index (χ1v) is 5.80. The van der Waals surface area contributed by atoms with Crippen molar-refractivity contribution in [3.05, 3.63) is 12.7 Å². The van der Waals surface area contributed by atoms with E-state index in [-0.39, 0.29) is 6.04 Å². The van der Waals surface area contributed by atoms with Gasteiger partial charge in [-0.05, 0) is 19.8 Å². The van der Waals surface area contributed by atoms with Crippen molar-refractivity contribution in [3.8, 4) is 0 Å². The predicted octanol–water partition coefficient (Wildman–Crippen LogP) is 1.48. The van der Waals surface area contributed by atoms with Crippen LogP contribution in [0.2, 0.25) is 0 Å². The smallest absolute Gasteiger partial charge is 0.0846 e. The number of hydrogen-bond acceptors (Lipinski definition) is 2. The number of alkyl halides is 1. The minimum absolute atomic E-state index is 0.190. The second-order valence-corrected chi connectivity index (χ2v) is 4.42. The second-order valence-electron chi connectivity index (χ2n) is 3.54. The molecule has 0 spiro atoms. The maximum Gasteiger partial charge on any atom is 0.0846 e. The first-order valence-electron chi connectivity index (χ1n) is 4.27. The van der Waals surface area contributed by atoms with Gasteiger partial charge in [0.2, 0.25) is 0 Å². The molecule has 12 heavy (non-hydrogen) atoms. The van der Waals surface area contributed by atoms with Gasteiger partial charge in [0.25, 0.3) is 0 Å². The number of nitrogens with one attached hydrogen (secondary N) is 1. The lowest BCUT2D eigenvalue weighted by Crippen LogP contribution is -2.40. The van der Waals surface area contributed by atoms with Crippen molar-refractivity contribution in [1.82, 2.24) is 5.32 Å². The normalized spacial score (nSPS) is 41.6. The lowest BCUT2D eigenvalue weighted by atomic mass is 9.91. The van der Waals surface area contributed by atoms with Crippen LogP contribution in [0.15, 0.2) is 12.7 Å². The molecule has 0 aromatic heterocycles. The maximum atomic E-state index is 10.1. The van der Waals surface area contributed by atoms with E-state index in [0.717, 1.165) is 10.8 Å². The molecule has 1 aliphatic rings. The Balaban J connectivity index is 2.60. The average Bonchev–Trinajstić information content (AvgIpc) is 2.29. The van der Waals surface area contributed by atoms with Gasteiger partial charge in [0.15, 0.2) is 0 Å². The molecule has 1 rings (SSSR count). The molecule has 1 heterocycles. The zero-order valence-electron chi connectivity index (χ0n) is 7.39. The maximum absolute atomic E-state index is 10.1. The van der Waals surface area contributed by atoms with Crippen molar-refractivity contribution < 1.29 is 5.11 Å². The summed E-state index contributed by atoms with van der Waals surface area (Å²) in [7, 11) is 0. The molecule has 0 radical (unpaired) electrons. The molecule has 2 nitrogen and oxygen atoms in total. The molecule has 2 N–H and O–H groups in total. The highest BCUT2D eigenvalue weighted by atomic mass is 127. The van der Waals surface area contributed by atoms with Crippen LogP contribution >= 0.6 is 22.6 Å². The summed E-state index contributed by atoms with van der Waals surface area (Å²) < 4.78 is 1.06. The van der Waals surface area contributed by atoms with E-state index < -0.39 is 5.60 Å². The lowest BCUT2D eigenvalue weighted by Gasteiger charge is -2.25. The Kier molecular flexibility index (Phi) is 3.55. The number of halogens is 1. The minimum Gasteiger partial charge on any atom is -0.388 e. The zero-order valence-corrected chi connectivity index (χ0v) is 9.54. The number of aliphatic hydroxyl groups is 1. The minimum atomic E-state index is -0.558. The lowest BCUT2D eigenvalue weighted by molar-refractivity contribution is 0.0351. The summed E-state index contributed by atoms with van der Waals surface area (Å²) in [4.78, 5) is 0. The topological polar surface area (TPSA) is 32.3 Å². The first-order chi connectivity index (χ1) is 5.62. The fourth-order valence-electron chi connectivity index (χ4n) is 1.78. The van der Waals surface area contributed by atoms with Gasteiger partial charge < -0.3 is 10.4 Å². The van der Waals surface area contributed by atoms with Gasteiger partial charge in [-0.25, -0.2) is 0 Å². The molecule has 70 valence electrons. The third-order valence-electron chi connectivity index (χ3n) is 2.58. The molecule has 0 aliphatic carbocycles. The van der Waals surface area contributed by atoms with Gasteiger partial charge in [0, 0.05) is 16.5 Å². The first kappa shape index (κ1) is 10.5. The van der Waals surface area contributed by atoms with E-state index >= 15 is 0 Å². The quantitative estimate of drug-likeness (QED) is 0.466. The molecule has 0 unspecified atom stereocenters. The molecule has 1 fully saturated rings. The van der Waals surface area contributed by atoms with E-state index in [4.69, 9.17) is 0 Å². The fraction of sp³-hybridized carbons (Fsp3) is 0.778. The molecular weight excluding hydrogens is 265 g/mol. The highest BCUT2D eigenvalue weighted by Crippen LogP contribution is 2.29. The monoisotopic (exact) mass is 281 g/mol. The molecule has 0 bridgehead atoms. The summed E-state index contributed by atoms with van der Waals surface area (Å²) in [6.07, 6.45) is 3.34. The van der Waals surface area contributed by atoms with Gasteiger partial charge in [0.05, 0.1) is 5.60 Å². The summed E-state index contributed by atoms with van der Waals surface area (Å²) in [5.41, 5.74) is -0.558. The molecule has 1 aliphatic heterocycles. The van der Waals surface area contributed by atoms with Crippen molar-refractivity contribution in [2.24, 2.45) is 0 Å². The van der Waals surface area contributed by atoms with Crippen LogP contribution in [0.25, 0.3) is 0 Å². The van der Waals surface area contributed by atoms with Crippen molar-refractivity contribution in [1.29, 1.82) is 0 Å². The summed E-state index contributed by atoms with van der Waals surface area (Å²) in [6, 6.07) is 0.654.